The van der Waals surface area contributed by atoms with Crippen molar-refractivity contribution < 1.29 is 4.79 Å². The maximum absolute atomic E-state index is 10.3. The van der Waals surface area contributed by atoms with Gasteiger partial charge >= 0.3 is 0 Å². The number of ketones is 1. The summed E-state index contributed by atoms with van der Waals surface area (Å²) in [5.41, 5.74) is 0. The lowest BCUT2D eigenvalue weighted by molar-refractivity contribution is -0.115. The molecular formula is C5H6N3O. The van der Waals surface area contributed by atoms with E-state index in [-0.39, 0.29) is 12.3 Å². The molecule has 0 aliphatic rings. The van der Waals surface area contributed by atoms with Gasteiger partial charge in [-0.2, -0.15) is 5.10 Å². The van der Waals surface area contributed by atoms with Crippen molar-refractivity contribution in [2.75, 3.05) is 0 Å². The largest absolute Gasteiger partial charge is 0.298 e. The van der Waals surface area contributed by atoms with E-state index in [1.54, 1.807) is 0 Å². The predicted octanol–water partition coefficient (Wildman–Crippen LogP) is -0.319. The summed E-state index contributed by atoms with van der Waals surface area (Å²) in [5, 5.41) is 3.70. The lowest BCUT2D eigenvalue weighted by Crippen LogP contribution is -2.06. The Bertz CT molecular complexity index is 192. The molecule has 0 bridgehead atoms. The highest BCUT2D eigenvalue weighted by Gasteiger charge is 1.93. The predicted molar refractivity (Wildman–Crippen MR) is 30.4 cm³/mol. The second-order valence-electron chi connectivity index (χ2n) is 1.63. The summed E-state index contributed by atoms with van der Waals surface area (Å²) >= 11 is 0. The van der Waals surface area contributed by atoms with Gasteiger partial charge in [-0.05, 0) is 0 Å². The molecule has 0 N–H and O–H groups in total. The van der Waals surface area contributed by atoms with Gasteiger partial charge in [-0.1, -0.05) is 0 Å². The monoisotopic (exact) mass is 124 g/mol. The molecule has 0 unspecified atom stereocenters. The summed E-state index contributed by atoms with van der Waals surface area (Å²) in [7, 11) is 0. The Morgan fingerprint density at radius 2 is 2.56 bits per heavy atom. The van der Waals surface area contributed by atoms with Crippen LogP contribution in [0.5, 0.6) is 0 Å². The summed E-state index contributed by atoms with van der Waals surface area (Å²) in [6.45, 7) is 3.39. The van der Waals surface area contributed by atoms with Crippen LogP contribution in [0.15, 0.2) is 12.7 Å². The molecule has 4 nitrogen and oxygen atoms in total. The van der Waals surface area contributed by atoms with Crippen molar-refractivity contribution in [3.8, 4) is 0 Å². The highest BCUT2D eigenvalue weighted by atomic mass is 16.1. The number of Topliss-reactive ketones (excluding diaryl/α,β-unsaturated/α-hetero) is 1. The Morgan fingerprint density at radius 3 is 3.00 bits per heavy atom. The summed E-state index contributed by atoms with van der Waals surface area (Å²) < 4.78 is 1.43. The number of nitrogens with zero attached hydrogens (tertiary/aromatic N) is 3. The number of hydrogen-bond acceptors (Lipinski definition) is 3. The molecule has 47 valence electrons. The SMILES string of the molecule is [CH2]C(=O)Cn1cncn1. The fraction of sp³-hybridized carbons (Fsp3) is 0.200. The fourth-order valence-electron chi connectivity index (χ4n) is 0.495. The number of hydrogen-bond donors (Lipinski definition) is 0. The molecule has 1 radical (unpaired) electrons. The van der Waals surface area contributed by atoms with E-state index in [4.69, 9.17) is 0 Å². The third-order valence-electron chi connectivity index (χ3n) is 0.805. The minimum Gasteiger partial charge on any atom is -0.298 e. The minimum atomic E-state index is -0.166. The smallest absolute Gasteiger partial charge is 0.154 e. The maximum Gasteiger partial charge on any atom is 0.154 e. The topological polar surface area (TPSA) is 47.8 Å². The van der Waals surface area contributed by atoms with E-state index in [0.29, 0.717) is 0 Å². The molecule has 0 aliphatic heterocycles. The van der Waals surface area contributed by atoms with Gasteiger partial charge in [0.15, 0.2) is 5.78 Å². The maximum atomic E-state index is 10.3. The van der Waals surface area contributed by atoms with Crippen LogP contribution in [-0.2, 0) is 11.3 Å². The van der Waals surface area contributed by atoms with E-state index in [1.807, 2.05) is 0 Å². The van der Waals surface area contributed by atoms with Crippen molar-refractivity contribution in [2.45, 2.75) is 6.54 Å². The van der Waals surface area contributed by atoms with E-state index in [2.05, 4.69) is 17.0 Å². The van der Waals surface area contributed by atoms with E-state index in [9.17, 15) is 4.79 Å². The van der Waals surface area contributed by atoms with Crippen molar-refractivity contribution in [3.05, 3.63) is 19.6 Å². The van der Waals surface area contributed by atoms with Crippen LogP contribution in [0, 0.1) is 6.92 Å². The first kappa shape index (κ1) is 5.94. The molecule has 0 saturated carbocycles. The number of aromatic nitrogens is 3. The van der Waals surface area contributed by atoms with Gasteiger partial charge in [0.2, 0.25) is 0 Å². The normalized spacial score (nSPS) is 9.44. The van der Waals surface area contributed by atoms with Gasteiger partial charge < -0.3 is 0 Å². The summed E-state index contributed by atoms with van der Waals surface area (Å²) in [6.07, 6.45) is 2.85. The van der Waals surface area contributed by atoms with Crippen LogP contribution in [0.25, 0.3) is 0 Å². The number of carbonyl (C=O) groups is 1. The van der Waals surface area contributed by atoms with Crippen LogP contribution in [-0.4, -0.2) is 20.5 Å². The molecule has 0 fully saturated rings. The summed E-state index contributed by atoms with van der Waals surface area (Å²) in [6, 6.07) is 0. The summed E-state index contributed by atoms with van der Waals surface area (Å²) in [5.74, 6) is -0.166. The van der Waals surface area contributed by atoms with Crippen molar-refractivity contribution in [1.29, 1.82) is 0 Å². The van der Waals surface area contributed by atoms with Gasteiger partial charge in [0.1, 0.15) is 19.2 Å². The first-order valence-corrected chi connectivity index (χ1v) is 2.46. The minimum absolute atomic E-state index is 0.166. The molecule has 0 aliphatic carbocycles. The highest BCUT2D eigenvalue weighted by molar-refractivity contribution is 5.82. The first-order chi connectivity index (χ1) is 4.29. The van der Waals surface area contributed by atoms with E-state index < -0.39 is 0 Å². The Labute approximate surface area is 52.5 Å². The molecule has 1 rings (SSSR count). The first-order valence-electron chi connectivity index (χ1n) is 2.46. The quantitative estimate of drug-likeness (QED) is 0.543. The molecule has 0 amide bonds. The second kappa shape index (κ2) is 2.39. The van der Waals surface area contributed by atoms with Gasteiger partial charge in [-0.15, -0.1) is 0 Å². The van der Waals surface area contributed by atoms with Crippen LogP contribution in [0.1, 0.15) is 0 Å². The fourth-order valence-corrected chi connectivity index (χ4v) is 0.495. The molecule has 0 atom stereocenters. The molecule has 9 heavy (non-hydrogen) atoms. The van der Waals surface area contributed by atoms with Crippen molar-refractivity contribution in [1.82, 2.24) is 14.8 Å². The average Bonchev–Trinajstić information content (AvgIpc) is 2.15. The lowest BCUT2D eigenvalue weighted by atomic mass is 10.5. The van der Waals surface area contributed by atoms with Gasteiger partial charge in [-0.3, -0.25) is 4.79 Å². The highest BCUT2D eigenvalue weighted by Crippen LogP contribution is 1.79. The second-order valence-corrected chi connectivity index (χ2v) is 1.63. The molecule has 0 spiro atoms. The molecule has 4 heteroatoms. The van der Waals surface area contributed by atoms with Crippen LogP contribution >= 0.6 is 0 Å². The number of rotatable bonds is 2. The lowest BCUT2D eigenvalue weighted by Gasteiger charge is -1.90. The van der Waals surface area contributed by atoms with E-state index >= 15 is 0 Å². The Kier molecular flexibility index (Phi) is 1.58. The molecule has 1 aromatic rings. The zero-order valence-corrected chi connectivity index (χ0v) is 4.82. The zero-order chi connectivity index (χ0) is 6.69. The number of carbonyl (C=O) groups excluding carboxylic acids is 1. The Balaban J connectivity index is 2.58. The van der Waals surface area contributed by atoms with Crippen LogP contribution < -0.4 is 0 Å². The Hall–Kier alpha value is -1.19. The molecule has 1 heterocycles. The summed E-state index contributed by atoms with van der Waals surface area (Å²) in [4.78, 5) is 14.0. The van der Waals surface area contributed by atoms with E-state index in [1.165, 1.54) is 17.3 Å². The van der Waals surface area contributed by atoms with Gasteiger partial charge in [0, 0.05) is 6.92 Å². The van der Waals surface area contributed by atoms with Crippen LogP contribution in [0.3, 0.4) is 0 Å². The third-order valence-corrected chi connectivity index (χ3v) is 0.805. The standard InChI is InChI=1S/C5H6N3O/c1-5(9)2-8-4-6-3-7-8/h3-4H,1-2H2. The van der Waals surface area contributed by atoms with Crippen LogP contribution in [0.4, 0.5) is 0 Å². The average molecular weight is 124 g/mol. The van der Waals surface area contributed by atoms with Crippen molar-refractivity contribution in [3.63, 3.8) is 0 Å². The van der Waals surface area contributed by atoms with Crippen LogP contribution in [0.2, 0.25) is 0 Å². The van der Waals surface area contributed by atoms with Crippen molar-refractivity contribution in [2.24, 2.45) is 0 Å². The molecule has 0 aromatic carbocycles. The molecule has 0 saturated heterocycles. The Morgan fingerprint density at radius 1 is 1.78 bits per heavy atom. The van der Waals surface area contributed by atoms with Gasteiger partial charge in [0.25, 0.3) is 0 Å². The zero-order valence-electron chi connectivity index (χ0n) is 4.82. The van der Waals surface area contributed by atoms with Gasteiger partial charge in [0.05, 0.1) is 0 Å². The van der Waals surface area contributed by atoms with Crippen molar-refractivity contribution >= 4 is 5.78 Å². The van der Waals surface area contributed by atoms with Gasteiger partial charge in [-0.25, -0.2) is 9.67 Å². The molecular weight excluding hydrogens is 118 g/mol. The van der Waals surface area contributed by atoms with E-state index in [0.717, 1.165) is 0 Å². The third kappa shape index (κ3) is 1.64. The molecule has 1 aromatic heterocycles.